The third kappa shape index (κ3) is 7.34. The lowest BCUT2D eigenvalue weighted by Crippen LogP contribution is -2.47. The van der Waals surface area contributed by atoms with E-state index in [-0.39, 0.29) is 0 Å². The maximum Gasteiger partial charge on any atom is 0.191 e. The Hall–Kier alpha value is -0.890. The summed E-state index contributed by atoms with van der Waals surface area (Å²) in [7, 11) is 1.83. The third-order valence-corrected chi connectivity index (χ3v) is 4.49. The van der Waals surface area contributed by atoms with E-state index in [1.807, 2.05) is 7.05 Å². The van der Waals surface area contributed by atoms with Crippen molar-refractivity contribution in [3.63, 3.8) is 0 Å². The van der Waals surface area contributed by atoms with Crippen molar-refractivity contribution < 1.29 is 9.47 Å². The van der Waals surface area contributed by atoms with Crippen molar-refractivity contribution in [3.05, 3.63) is 0 Å². The number of nitrogens with zero attached hydrogens (tertiary/aromatic N) is 3. The molecule has 7 heteroatoms. The summed E-state index contributed by atoms with van der Waals surface area (Å²) in [4.78, 5) is 9.21. The molecular weight excluding hydrogens is 306 g/mol. The van der Waals surface area contributed by atoms with Gasteiger partial charge in [0.15, 0.2) is 5.96 Å². The molecule has 2 N–H and O–H groups in total. The fraction of sp³-hybridized carbons (Fsp3) is 0.941. The zero-order valence-electron chi connectivity index (χ0n) is 15.6. The van der Waals surface area contributed by atoms with Crippen molar-refractivity contribution in [3.8, 4) is 0 Å². The van der Waals surface area contributed by atoms with Crippen molar-refractivity contribution in [1.82, 2.24) is 20.4 Å². The lowest BCUT2D eigenvalue weighted by Gasteiger charge is -2.35. The van der Waals surface area contributed by atoms with E-state index in [0.717, 1.165) is 78.0 Å². The van der Waals surface area contributed by atoms with Gasteiger partial charge in [-0.1, -0.05) is 0 Å². The molecule has 0 aromatic carbocycles. The summed E-state index contributed by atoms with van der Waals surface area (Å²) >= 11 is 0. The summed E-state index contributed by atoms with van der Waals surface area (Å²) in [5.41, 5.74) is 0. The number of aliphatic imine (C=N–C) groups is 1. The van der Waals surface area contributed by atoms with Crippen LogP contribution in [0.3, 0.4) is 0 Å². The monoisotopic (exact) mass is 341 g/mol. The first-order chi connectivity index (χ1) is 11.7. The predicted octanol–water partition coefficient (Wildman–Crippen LogP) is -0.0171. The number of nitrogens with one attached hydrogen (secondary N) is 2. The Labute approximate surface area is 146 Å². The van der Waals surface area contributed by atoms with Crippen LogP contribution in [0.2, 0.25) is 0 Å². The summed E-state index contributed by atoms with van der Waals surface area (Å²) in [5.74, 6) is 0.895. The van der Waals surface area contributed by atoms with Crippen molar-refractivity contribution in [2.24, 2.45) is 4.99 Å². The van der Waals surface area contributed by atoms with E-state index >= 15 is 0 Å². The molecule has 0 bridgehead atoms. The second-order valence-electron chi connectivity index (χ2n) is 6.75. The number of guanidine groups is 1. The summed E-state index contributed by atoms with van der Waals surface area (Å²) in [6.07, 6.45) is 1.80. The molecule has 2 aliphatic rings. The molecule has 0 radical (unpaired) electrons. The molecule has 2 aliphatic heterocycles. The fourth-order valence-electron chi connectivity index (χ4n) is 3.35. The van der Waals surface area contributed by atoms with Gasteiger partial charge in [0, 0.05) is 59.4 Å². The van der Waals surface area contributed by atoms with Crippen LogP contribution in [0.1, 0.15) is 20.3 Å². The highest BCUT2D eigenvalue weighted by Crippen LogP contribution is 2.10. The summed E-state index contributed by atoms with van der Waals surface area (Å²) in [5, 5.41) is 6.80. The van der Waals surface area contributed by atoms with Gasteiger partial charge in [0.1, 0.15) is 0 Å². The Kier molecular flexibility index (Phi) is 8.80. The average molecular weight is 342 g/mol. The van der Waals surface area contributed by atoms with Crippen molar-refractivity contribution in [1.29, 1.82) is 0 Å². The maximum atomic E-state index is 5.77. The van der Waals surface area contributed by atoms with Crippen LogP contribution in [0.4, 0.5) is 0 Å². The van der Waals surface area contributed by atoms with Crippen LogP contribution < -0.4 is 10.6 Å². The Morgan fingerprint density at radius 3 is 2.33 bits per heavy atom. The van der Waals surface area contributed by atoms with E-state index in [2.05, 4.69) is 39.3 Å². The fourth-order valence-corrected chi connectivity index (χ4v) is 3.35. The minimum absolute atomic E-state index is 0.344. The molecule has 0 spiro atoms. The van der Waals surface area contributed by atoms with Gasteiger partial charge in [-0.05, 0) is 20.3 Å². The Balaban J connectivity index is 1.53. The first kappa shape index (κ1) is 19.4. The van der Waals surface area contributed by atoms with Gasteiger partial charge in [-0.3, -0.25) is 14.8 Å². The van der Waals surface area contributed by atoms with Crippen LogP contribution in [-0.2, 0) is 9.47 Å². The number of hydrogen-bond acceptors (Lipinski definition) is 5. The second-order valence-corrected chi connectivity index (χ2v) is 6.75. The lowest BCUT2D eigenvalue weighted by atomic mass is 10.2. The van der Waals surface area contributed by atoms with E-state index in [1.54, 1.807) is 0 Å². The topological polar surface area (TPSA) is 61.4 Å². The molecule has 2 fully saturated rings. The van der Waals surface area contributed by atoms with Gasteiger partial charge in [-0.2, -0.15) is 0 Å². The highest BCUT2D eigenvalue weighted by molar-refractivity contribution is 5.79. The predicted molar refractivity (Wildman–Crippen MR) is 97.7 cm³/mol. The lowest BCUT2D eigenvalue weighted by molar-refractivity contribution is -0.0679. The van der Waals surface area contributed by atoms with Crippen molar-refractivity contribution in [2.45, 2.75) is 32.5 Å². The van der Waals surface area contributed by atoms with E-state index in [9.17, 15) is 0 Å². The average Bonchev–Trinajstić information content (AvgIpc) is 2.57. The number of rotatable bonds is 7. The third-order valence-electron chi connectivity index (χ3n) is 4.49. The van der Waals surface area contributed by atoms with Gasteiger partial charge in [0.2, 0.25) is 0 Å². The van der Waals surface area contributed by atoms with Crippen LogP contribution in [-0.4, -0.2) is 101 Å². The molecule has 0 aliphatic carbocycles. The standard InChI is InChI=1S/C17H35N5O2/c1-15-13-22(14-16(2)24-15)7-4-5-19-17(18-3)20-6-8-21-9-11-23-12-10-21/h15-16H,4-14H2,1-3H3,(H2,18,19,20). The van der Waals surface area contributed by atoms with Crippen LogP contribution in [0.25, 0.3) is 0 Å². The molecule has 2 atom stereocenters. The minimum Gasteiger partial charge on any atom is -0.379 e. The molecule has 2 heterocycles. The van der Waals surface area contributed by atoms with Crippen LogP contribution in [0, 0.1) is 0 Å². The molecule has 2 unspecified atom stereocenters. The zero-order chi connectivity index (χ0) is 17.2. The number of hydrogen-bond donors (Lipinski definition) is 2. The SMILES string of the molecule is CN=C(NCCCN1CC(C)OC(C)C1)NCCN1CCOCC1. The van der Waals surface area contributed by atoms with E-state index in [4.69, 9.17) is 9.47 Å². The van der Waals surface area contributed by atoms with Gasteiger partial charge in [-0.15, -0.1) is 0 Å². The Morgan fingerprint density at radius 1 is 1.00 bits per heavy atom. The van der Waals surface area contributed by atoms with Gasteiger partial charge in [0.25, 0.3) is 0 Å². The molecule has 0 saturated carbocycles. The molecule has 140 valence electrons. The minimum atomic E-state index is 0.344. The van der Waals surface area contributed by atoms with Gasteiger partial charge < -0.3 is 20.1 Å². The number of morpholine rings is 2. The summed E-state index contributed by atoms with van der Waals surface area (Å²) in [6.45, 7) is 14.2. The largest absolute Gasteiger partial charge is 0.379 e. The number of ether oxygens (including phenoxy) is 2. The van der Waals surface area contributed by atoms with E-state index in [0.29, 0.717) is 12.2 Å². The van der Waals surface area contributed by atoms with Crippen LogP contribution in [0.5, 0.6) is 0 Å². The second kappa shape index (κ2) is 10.9. The van der Waals surface area contributed by atoms with Gasteiger partial charge in [0.05, 0.1) is 25.4 Å². The molecular formula is C17H35N5O2. The smallest absolute Gasteiger partial charge is 0.191 e. The molecule has 24 heavy (non-hydrogen) atoms. The van der Waals surface area contributed by atoms with Crippen molar-refractivity contribution in [2.75, 3.05) is 72.6 Å². The maximum absolute atomic E-state index is 5.77. The quantitative estimate of drug-likeness (QED) is 0.386. The van der Waals surface area contributed by atoms with Crippen molar-refractivity contribution >= 4 is 5.96 Å². The molecule has 0 aromatic rings. The molecule has 7 nitrogen and oxygen atoms in total. The molecule has 0 amide bonds. The highest BCUT2D eigenvalue weighted by Gasteiger charge is 2.21. The summed E-state index contributed by atoms with van der Waals surface area (Å²) < 4.78 is 11.1. The van der Waals surface area contributed by atoms with Gasteiger partial charge in [-0.25, -0.2) is 0 Å². The summed E-state index contributed by atoms with van der Waals surface area (Å²) in [6, 6.07) is 0. The molecule has 0 aromatic heterocycles. The Bertz CT molecular complexity index is 364. The van der Waals surface area contributed by atoms with E-state index in [1.165, 1.54) is 0 Å². The Morgan fingerprint density at radius 2 is 1.67 bits per heavy atom. The van der Waals surface area contributed by atoms with E-state index < -0.39 is 0 Å². The normalized spacial score (nSPS) is 27.2. The zero-order valence-corrected chi connectivity index (χ0v) is 15.6. The van der Waals surface area contributed by atoms with Crippen LogP contribution >= 0.6 is 0 Å². The highest BCUT2D eigenvalue weighted by atomic mass is 16.5. The van der Waals surface area contributed by atoms with Gasteiger partial charge >= 0.3 is 0 Å². The van der Waals surface area contributed by atoms with Crippen LogP contribution in [0.15, 0.2) is 4.99 Å². The first-order valence-corrected chi connectivity index (χ1v) is 9.30. The first-order valence-electron chi connectivity index (χ1n) is 9.30. The molecule has 2 rings (SSSR count). The molecule has 2 saturated heterocycles.